The fourth-order valence-electron chi connectivity index (χ4n) is 1.98. The van der Waals surface area contributed by atoms with Gasteiger partial charge in [-0.25, -0.2) is 4.57 Å². The van der Waals surface area contributed by atoms with E-state index in [-0.39, 0.29) is 17.2 Å². The predicted molar refractivity (Wildman–Crippen MR) is 88.1 cm³/mol. The van der Waals surface area contributed by atoms with E-state index in [1.165, 1.54) is 19.1 Å². The Hall–Kier alpha value is -2.07. The van der Waals surface area contributed by atoms with Crippen molar-refractivity contribution in [1.29, 1.82) is 0 Å². The number of nitro groups is 1. The van der Waals surface area contributed by atoms with Crippen LogP contribution in [0.3, 0.4) is 0 Å². The maximum Gasteiger partial charge on any atom is 0.563 e. The molecule has 0 saturated carbocycles. The van der Waals surface area contributed by atoms with Crippen molar-refractivity contribution < 1.29 is 32.9 Å². The minimum absolute atomic E-state index is 0.0903. The lowest BCUT2D eigenvalue weighted by Crippen LogP contribution is -2.60. The Bertz CT molecular complexity index is 714. The molecule has 12 heteroatoms. The second-order valence-corrected chi connectivity index (χ2v) is 7.43. The van der Waals surface area contributed by atoms with Crippen LogP contribution in [0.1, 0.15) is 20.8 Å². The zero-order valence-electron chi connectivity index (χ0n) is 14.6. The van der Waals surface area contributed by atoms with Gasteiger partial charge in [-0.1, -0.05) is 18.2 Å². The topological polar surface area (TPSA) is 136 Å². The Kier molecular flexibility index (Phi) is 5.97. The maximum absolute atomic E-state index is 12.8. The summed E-state index contributed by atoms with van der Waals surface area (Å²) in [4.78, 5) is 13.6. The zero-order valence-corrected chi connectivity index (χ0v) is 15.5. The van der Waals surface area contributed by atoms with E-state index in [1.807, 2.05) is 0 Å². The normalized spacial score (nSPS) is 21.6. The molecule has 1 saturated heterocycles. The van der Waals surface area contributed by atoms with Gasteiger partial charge in [-0.2, -0.15) is 0 Å². The molecule has 0 spiro atoms. The molecule has 144 valence electrons. The van der Waals surface area contributed by atoms with Gasteiger partial charge in [0, 0.05) is 0 Å². The van der Waals surface area contributed by atoms with Crippen LogP contribution in [0.15, 0.2) is 35.2 Å². The molecule has 1 atom stereocenters. The Morgan fingerprint density at radius 2 is 1.81 bits per heavy atom. The van der Waals surface area contributed by atoms with E-state index in [4.69, 9.17) is 18.5 Å². The highest BCUT2D eigenvalue weighted by Gasteiger charge is 2.61. The first-order valence-corrected chi connectivity index (χ1v) is 9.24. The molecule has 26 heavy (non-hydrogen) atoms. The zero-order chi connectivity index (χ0) is 19.4. The van der Waals surface area contributed by atoms with E-state index < -0.39 is 37.3 Å². The second-order valence-electron chi connectivity index (χ2n) is 5.87. The minimum atomic E-state index is -4.36. The quantitative estimate of drug-likeness (QED) is 0.173. The average molecular weight is 389 g/mol. The molecule has 0 bridgehead atoms. The molecule has 0 radical (unpaired) electrons. The Balaban J connectivity index is 2.34. The molecular weight excluding hydrogens is 369 g/mol. The molecule has 1 aliphatic heterocycles. The molecule has 0 aliphatic carbocycles. The molecule has 1 aliphatic rings. The van der Waals surface area contributed by atoms with E-state index >= 15 is 0 Å². The van der Waals surface area contributed by atoms with Crippen LogP contribution in [0.5, 0.6) is 5.75 Å². The largest absolute Gasteiger partial charge is 0.594 e. The summed E-state index contributed by atoms with van der Waals surface area (Å²) >= 11 is 0. The van der Waals surface area contributed by atoms with Crippen molar-refractivity contribution in [2.75, 3.05) is 19.8 Å². The summed E-state index contributed by atoms with van der Waals surface area (Å²) in [5.41, 5.74) is -2.40. The molecule has 1 aromatic carbocycles. The molecule has 11 nitrogen and oxygen atoms in total. The van der Waals surface area contributed by atoms with E-state index in [0.717, 1.165) is 0 Å². The number of hydrogen-bond acceptors (Lipinski definition) is 8. The summed E-state index contributed by atoms with van der Waals surface area (Å²) in [5.74, 6) is -0.960. The summed E-state index contributed by atoms with van der Waals surface area (Å²) in [5, 5.41) is 24.0. The number of hydroxylamine groups is 1. The number of benzene rings is 1. The van der Waals surface area contributed by atoms with Gasteiger partial charge in [0.25, 0.3) is 0 Å². The van der Waals surface area contributed by atoms with E-state index in [9.17, 15) is 19.9 Å². The molecule has 0 aromatic heterocycles. The maximum atomic E-state index is 12.8. The van der Waals surface area contributed by atoms with Crippen LogP contribution in [0, 0.1) is 15.3 Å². The summed E-state index contributed by atoms with van der Waals surface area (Å²) in [6, 6.07) is 7.90. The predicted octanol–water partition coefficient (Wildman–Crippen LogP) is 2.93. The third-order valence-corrected chi connectivity index (χ3v) is 4.85. The number of ether oxygens (including phenoxy) is 2. The molecule has 0 amide bonds. The number of nitrogens with zero attached hydrogens (tertiary/aromatic N) is 3. The molecule has 1 heterocycles. The SMILES string of the molecule is CCOP(=O)(N=[N+]([O-])C1([N+](=O)[O-])COC(C)(C)OC1)Oc1ccccc1. The van der Waals surface area contributed by atoms with Gasteiger partial charge in [-0.3, -0.25) is 14.6 Å². The Labute approximate surface area is 149 Å². The standard InChI is InChI=1S/C14H20N3O8P/c1-4-24-26(21,25-12-8-6-5-7-9-12)15-16(18)14(17(19)20)10-22-13(2,3)23-11-14/h5-9H,4,10-11H2,1-3H3. The van der Waals surface area contributed by atoms with E-state index in [1.54, 1.807) is 32.0 Å². The van der Waals surface area contributed by atoms with Gasteiger partial charge in [0.1, 0.15) is 15.6 Å². The lowest BCUT2D eigenvalue weighted by atomic mass is 10.2. The lowest BCUT2D eigenvalue weighted by Gasteiger charge is -2.34. The van der Waals surface area contributed by atoms with Crippen molar-refractivity contribution in [2.45, 2.75) is 32.2 Å². The van der Waals surface area contributed by atoms with Crippen molar-refractivity contribution in [3.8, 4) is 5.75 Å². The summed E-state index contributed by atoms with van der Waals surface area (Å²) < 4.78 is 33.4. The average Bonchev–Trinajstić information content (AvgIpc) is 2.55. The van der Waals surface area contributed by atoms with Crippen LogP contribution in [-0.2, 0) is 18.6 Å². The molecular formula is C14H20N3O8P. The molecule has 1 unspecified atom stereocenters. The summed E-state index contributed by atoms with van der Waals surface area (Å²) in [6.07, 6.45) is 0. The second kappa shape index (κ2) is 7.67. The first-order chi connectivity index (χ1) is 12.1. The van der Waals surface area contributed by atoms with Crippen LogP contribution in [0.25, 0.3) is 0 Å². The van der Waals surface area contributed by atoms with Gasteiger partial charge in [-0.05, 0) is 37.8 Å². The van der Waals surface area contributed by atoms with Crippen LogP contribution < -0.4 is 4.52 Å². The fraction of sp³-hybridized carbons (Fsp3) is 0.571. The lowest BCUT2D eigenvalue weighted by molar-refractivity contribution is -0.824. The highest BCUT2D eigenvalue weighted by Crippen LogP contribution is 2.50. The first-order valence-electron chi connectivity index (χ1n) is 7.75. The minimum Gasteiger partial charge on any atom is -0.594 e. The van der Waals surface area contributed by atoms with Crippen LogP contribution in [0.4, 0.5) is 0 Å². The van der Waals surface area contributed by atoms with Gasteiger partial charge in [0.2, 0.25) is 0 Å². The van der Waals surface area contributed by atoms with Crippen LogP contribution in [0.2, 0.25) is 0 Å². The molecule has 0 N–H and O–H groups in total. The van der Waals surface area contributed by atoms with Crippen LogP contribution >= 0.6 is 7.75 Å². The van der Waals surface area contributed by atoms with Gasteiger partial charge >= 0.3 is 13.4 Å². The number of para-hydroxylation sites is 1. The van der Waals surface area contributed by atoms with Crippen LogP contribution in [-0.4, -0.2) is 41.1 Å². The first kappa shape index (κ1) is 20.2. The van der Waals surface area contributed by atoms with E-state index in [0.29, 0.717) is 0 Å². The molecule has 2 rings (SSSR count). The third kappa shape index (κ3) is 4.55. The van der Waals surface area contributed by atoms with Gasteiger partial charge in [0.05, 0.1) is 6.61 Å². The third-order valence-electron chi connectivity index (χ3n) is 3.44. The van der Waals surface area contributed by atoms with E-state index in [2.05, 4.69) is 4.88 Å². The van der Waals surface area contributed by atoms with Gasteiger partial charge in [-0.15, -0.1) is 0 Å². The number of hydrogen-bond donors (Lipinski definition) is 0. The fourth-order valence-corrected chi connectivity index (χ4v) is 3.20. The monoisotopic (exact) mass is 389 g/mol. The van der Waals surface area contributed by atoms with Crippen molar-refractivity contribution in [3.63, 3.8) is 0 Å². The highest BCUT2D eigenvalue weighted by molar-refractivity contribution is 7.52. The smallest absolute Gasteiger partial charge is 0.563 e. The van der Waals surface area contributed by atoms with Gasteiger partial charge in [0.15, 0.2) is 19.0 Å². The highest BCUT2D eigenvalue weighted by atomic mass is 31.2. The van der Waals surface area contributed by atoms with Crippen molar-refractivity contribution in [2.24, 2.45) is 4.88 Å². The molecule has 1 fully saturated rings. The summed E-state index contributed by atoms with van der Waals surface area (Å²) in [7, 11) is -4.36. The molecule has 1 aromatic rings. The Morgan fingerprint density at radius 3 is 2.31 bits per heavy atom. The Morgan fingerprint density at radius 1 is 1.23 bits per heavy atom. The summed E-state index contributed by atoms with van der Waals surface area (Å²) in [6.45, 7) is 3.30. The van der Waals surface area contributed by atoms with Crippen molar-refractivity contribution in [1.82, 2.24) is 0 Å². The van der Waals surface area contributed by atoms with Gasteiger partial charge < -0.3 is 19.2 Å². The van der Waals surface area contributed by atoms with Crippen molar-refractivity contribution >= 4 is 7.75 Å². The number of rotatable bonds is 7. The van der Waals surface area contributed by atoms with Crippen molar-refractivity contribution in [3.05, 3.63) is 45.7 Å².